The first-order valence-electron chi connectivity index (χ1n) is 34.0. The average molecular weight is 1980 g/mol. The molecule has 662 valence electrons. The second-order valence-corrected chi connectivity index (χ2v) is 33.1. The van der Waals surface area contributed by atoms with Gasteiger partial charge in [-0.2, -0.15) is 11.8 Å². The molecule has 7 fully saturated rings. The maximum Gasteiger partial charge on any atom is 1.00 e. The van der Waals surface area contributed by atoms with Crippen molar-refractivity contribution in [3.63, 3.8) is 0 Å². The van der Waals surface area contributed by atoms with Gasteiger partial charge in [0.25, 0.3) is 0 Å². The van der Waals surface area contributed by atoms with Crippen LogP contribution < -0.4 is 268 Å². The standard InChI is InChI=1S/C55H92N4O48S7.8Na/c1-8-18-92-33-24(19-93-109(68,69)70)96-50(31(32(33)62)58-29(61)16-10-9-13-17-56-28(60)15-12-11-14-27-30-23(22-108-27)57-55(67)59-30)101-39-37(87-3)44(89-5)53(103-42(39)48(63)64)100-35-26(21-95-111(74,75)76)98-54(47(107-114(83,84)85)41(35)105-112(77,78)79)102-40-38(88-4)45(90-6)52(104-43(40)49(65)66)99-34-25(20-94-110(71,72)73)97-51(91-7)46(36(34)86-2)106-113(80,81)82;;;;;;;;/h23-27,30-47,50-54,62H,8-22H2,1-7H3,(H,56,60)(H,58,61)(H,63,64)(H,65,66)(H2,57,59,67)(H,68,69,70)(H,71,72,73)(H,74,75,76)(H,77,78,79)(H,80,81,82)(H,83,84,85);;;;;;;;/q;8*+1/p-8/t23?,24-,25-,26-,27?,30?,31-,32-,33-,34-,35-,36+,37+,38+,39+,40+,41+,42+,43+,44-,45-,46-,47-,50-,51+,52+,53-,54-;;;;;;;;/m1......../s1. The van der Waals surface area contributed by atoms with Crippen LogP contribution >= 0.6 is 11.8 Å². The van der Waals surface area contributed by atoms with Crippen molar-refractivity contribution in [1.29, 1.82) is 0 Å². The molecule has 5 N–H and O–H groups in total. The first kappa shape index (κ1) is 128. The number of hydrogen-bond donors (Lipinski definition) is 5. The Kier molecular flexibility index (Phi) is 61.6. The molecule has 7 saturated heterocycles. The molecule has 52 nitrogen and oxygen atoms in total. The number of carboxylic acid groups (broad SMARTS) is 2. The van der Waals surface area contributed by atoms with Gasteiger partial charge in [-0.1, -0.05) is 19.8 Å². The number of fused-ring (bicyclic) bond motifs is 1. The van der Waals surface area contributed by atoms with Gasteiger partial charge in [0, 0.05) is 79.7 Å². The molecule has 0 saturated carbocycles. The van der Waals surface area contributed by atoms with E-state index in [0.29, 0.717) is 19.3 Å². The third-order valence-electron chi connectivity index (χ3n) is 18.2. The second-order valence-electron chi connectivity index (χ2n) is 25.7. The van der Waals surface area contributed by atoms with E-state index < -0.39 is 254 Å². The predicted molar refractivity (Wildman–Crippen MR) is 348 cm³/mol. The number of carboxylic acids is 2. The molecule has 28 atom stereocenters. The normalized spacial score (nSPS) is 33.5. The van der Waals surface area contributed by atoms with Gasteiger partial charge in [-0.05, 0) is 32.1 Å². The number of aliphatic carboxylic acids is 2. The van der Waals surface area contributed by atoms with E-state index >= 15 is 0 Å². The van der Waals surface area contributed by atoms with Crippen molar-refractivity contribution >= 4 is 104 Å². The second kappa shape index (κ2) is 58.7. The number of rotatable bonds is 46. The quantitative estimate of drug-likeness (QED) is 0.0124. The summed E-state index contributed by atoms with van der Waals surface area (Å²) in [7, 11) is -31.4. The maximum absolute atomic E-state index is 13.9. The predicted octanol–water partition coefficient (Wildman–Crippen LogP) is -34.6. The van der Waals surface area contributed by atoms with E-state index in [1.165, 1.54) is 0 Å². The molecule has 0 aromatic heterocycles. The van der Waals surface area contributed by atoms with Crippen LogP contribution in [-0.2, 0) is 182 Å². The first-order chi connectivity index (χ1) is 53.2. The molecule has 67 heteroatoms. The minimum Gasteiger partial charge on any atom is -0.726 e. The van der Waals surface area contributed by atoms with Crippen LogP contribution in [0.5, 0.6) is 0 Å². The summed E-state index contributed by atoms with van der Waals surface area (Å²) < 4.78 is 338. The van der Waals surface area contributed by atoms with Gasteiger partial charge in [-0.3, -0.25) is 34.7 Å². The molecule has 0 aromatic rings. The molecule has 122 heavy (non-hydrogen) atoms. The van der Waals surface area contributed by atoms with Crippen molar-refractivity contribution in [2.24, 2.45) is 0 Å². The Hall–Kier alpha value is 4.04. The van der Waals surface area contributed by atoms with E-state index in [4.69, 9.17) is 75.8 Å². The van der Waals surface area contributed by atoms with Crippen LogP contribution in [-0.4, -0.2) is 365 Å². The molecule has 4 amide bonds. The fourth-order valence-electron chi connectivity index (χ4n) is 13.5. The van der Waals surface area contributed by atoms with E-state index in [0.717, 1.165) is 61.3 Å². The molecule has 0 radical (unpaired) electrons. The molecule has 3 unspecified atom stereocenters. The fraction of sp³-hybridized carbons (Fsp3) is 0.909. The van der Waals surface area contributed by atoms with Gasteiger partial charge < -0.3 is 149 Å². The monoisotopic (exact) mass is 1980 g/mol. The number of ether oxygens (including phenoxy) is 16. The molecule has 0 aliphatic carbocycles. The Morgan fingerprint density at radius 2 is 0.836 bits per heavy atom. The number of urea groups is 1. The van der Waals surface area contributed by atoms with Crippen molar-refractivity contribution in [1.82, 2.24) is 21.3 Å². The number of carbonyl (C=O) groups excluding carboxylic acids is 5. The Balaban J connectivity index is 0. The van der Waals surface area contributed by atoms with Crippen LogP contribution in [0.4, 0.5) is 4.79 Å². The number of unbranched alkanes of at least 4 members (excludes halogenated alkanes) is 3. The van der Waals surface area contributed by atoms with Crippen LogP contribution in [0.3, 0.4) is 0 Å². The largest absolute Gasteiger partial charge is 1.00 e. The minimum absolute atomic E-state index is 0. The summed E-state index contributed by atoms with van der Waals surface area (Å²) in [6, 6.07) is -2.09. The summed E-state index contributed by atoms with van der Waals surface area (Å²) in [5.41, 5.74) is 0. The average Bonchev–Trinajstić information content (AvgIpc) is 0.885. The Labute approximate surface area is 884 Å². The molecule has 7 aliphatic rings. The van der Waals surface area contributed by atoms with E-state index in [9.17, 15) is 117 Å². The zero-order valence-corrected chi connectivity index (χ0v) is 90.5. The number of hydrogen-bond acceptors (Lipinski definition) is 49. The van der Waals surface area contributed by atoms with Gasteiger partial charge in [-0.15, -0.1) is 0 Å². The van der Waals surface area contributed by atoms with Crippen molar-refractivity contribution in [3.05, 3.63) is 0 Å². The van der Waals surface area contributed by atoms with Gasteiger partial charge in [0.15, 0.2) is 43.7 Å². The number of methoxy groups -OCH3 is 6. The molecule has 7 aliphatic heterocycles. The van der Waals surface area contributed by atoms with Gasteiger partial charge in [0.2, 0.25) is 74.2 Å². The van der Waals surface area contributed by atoms with Crippen molar-refractivity contribution in [2.45, 2.75) is 236 Å². The van der Waals surface area contributed by atoms with Crippen LogP contribution in [0.25, 0.3) is 0 Å². The molecular weight excluding hydrogens is 1890 g/mol. The Bertz CT molecular complexity index is 3940. The zero-order valence-electron chi connectivity index (χ0n) is 68.8. The number of aliphatic hydroxyl groups excluding tert-OH is 1. The summed E-state index contributed by atoms with van der Waals surface area (Å²) in [6.07, 6.45) is -55.6. The number of amides is 4. The zero-order chi connectivity index (χ0) is 84.8. The molecular formula is C55H84N4Na8O48S7. The van der Waals surface area contributed by atoms with Crippen LogP contribution in [0.15, 0.2) is 0 Å². The third-order valence-corrected chi connectivity index (χ3v) is 22.4. The minimum atomic E-state index is -6.53. The van der Waals surface area contributed by atoms with Crippen LogP contribution in [0.2, 0.25) is 0 Å². The van der Waals surface area contributed by atoms with Gasteiger partial charge in [0.05, 0.1) is 43.8 Å². The van der Waals surface area contributed by atoms with E-state index in [1.807, 2.05) is 0 Å². The summed E-state index contributed by atoms with van der Waals surface area (Å²) in [5.74, 6) is -5.15. The summed E-state index contributed by atoms with van der Waals surface area (Å²) in [4.78, 5) is 65.1. The maximum atomic E-state index is 13.9. The summed E-state index contributed by atoms with van der Waals surface area (Å²) in [5, 5.41) is 50.1. The van der Waals surface area contributed by atoms with Crippen molar-refractivity contribution in [2.75, 3.05) is 81.4 Å². The van der Waals surface area contributed by atoms with Crippen LogP contribution in [0, 0.1) is 0 Å². The number of aliphatic hydroxyl groups is 1. The van der Waals surface area contributed by atoms with Gasteiger partial charge >= 0.3 is 242 Å². The molecule has 7 rings (SSSR count). The smallest absolute Gasteiger partial charge is 0.726 e. The fourth-order valence-corrected chi connectivity index (χ4v) is 17.4. The molecule has 0 spiro atoms. The number of carbonyl (C=O) groups is 5. The van der Waals surface area contributed by atoms with Gasteiger partial charge in [-0.25, -0.2) is 55.3 Å². The Morgan fingerprint density at radius 1 is 0.451 bits per heavy atom. The summed E-state index contributed by atoms with van der Waals surface area (Å²) in [6.45, 7) is -2.96. The van der Waals surface area contributed by atoms with Crippen LogP contribution in [0.1, 0.15) is 64.7 Å². The number of thioether (sulfide) groups is 1. The summed E-state index contributed by atoms with van der Waals surface area (Å²) >= 11 is 1.74. The van der Waals surface area contributed by atoms with Crippen molar-refractivity contribution in [3.8, 4) is 0 Å². The molecule has 0 aromatic carbocycles. The molecule has 0 bridgehead atoms. The number of nitrogens with one attached hydrogen (secondary N) is 4. The topological polar surface area (TPSA) is 746 Å². The van der Waals surface area contributed by atoms with E-state index in [1.54, 1.807) is 18.7 Å². The van der Waals surface area contributed by atoms with Crippen molar-refractivity contribution < 1.29 is 454 Å². The first-order valence-corrected chi connectivity index (χ1v) is 43.0. The van der Waals surface area contributed by atoms with Gasteiger partial charge in [0.1, 0.15) is 110 Å². The van der Waals surface area contributed by atoms with E-state index in [2.05, 4.69) is 46.4 Å². The SMILES string of the molecule is CCCO[C@H]1[C@H](O)[C@@H](NC(=O)CCCCCNC(=O)CCCCC2SCC3NC(=O)NC32)[C@@H](O[C@H]2[C@H](OC)[C@@H](OC)[C@H](O[C@H]3[C@H](OS(=O)(=O)[O-])[C@@H](OS(=O)(=O)[O-])[C@@H](O[C@H]4[C@H](OC)[C@@H](OC)[C@@H](O[C@H]5[C@H](OC)[C@@H](OS(=O)(=O)[O-])[C@@H](OC)O[C@@H]5COS(=O)(=O)[O-])O[C@@H]4C(=O)[O-])O[C@@H]3COS(=O)(=O)[O-])O[C@@H]2C(=O)[O-])O[C@@H]1COS(=O)(=O)[O-].[Na+].[Na+].[Na+].[Na+].[Na+].[Na+].[Na+].[Na+]. The third kappa shape index (κ3) is 39.5. The Morgan fingerprint density at radius 3 is 1.27 bits per heavy atom. The molecule has 7 heterocycles. The van der Waals surface area contributed by atoms with E-state index in [-0.39, 0.29) is 305 Å².